The van der Waals surface area contributed by atoms with E-state index in [0.29, 0.717) is 11.4 Å². The Morgan fingerprint density at radius 2 is 1.38 bits per heavy atom. The monoisotopic (exact) mass is 214 g/mol. The molecule has 0 amide bonds. The lowest BCUT2D eigenvalue weighted by Crippen LogP contribution is -1.82. The molecule has 2 heterocycles. The highest BCUT2D eigenvalue weighted by Crippen LogP contribution is 2.23. The molecule has 0 aliphatic carbocycles. The Hall–Kier alpha value is -2.50. The fourth-order valence-corrected chi connectivity index (χ4v) is 1.42. The van der Waals surface area contributed by atoms with Crippen LogP contribution < -0.4 is 0 Å². The Kier molecular flexibility index (Phi) is 1.96. The summed E-state index contributed by atoms with van der Waals surface area (Å²) in [6, 6.07) is 7.64. The predicted molar refractivity (Wildman–Crippen MR) is 53.0 cm³/mol. The van der Waals surface area contributed by atoms with Gasteiger partial charge in [-0.15, -0.1) is 10.2 Å². The van der Waals surface area contributed by atoms with Gasteiger partial charge in [0.05, 0.1) is 0 Å². The summed E-state index contributed by atoms with van der Waals surface area (Å²) in [7, 11) is 0. The minimum atomic E-state index is 0.679. The number of aromatic nitrogens is 4. The van der Waals surface area contributed by atoms with E-state index in [-0.39, 0.29) is 0 Å². The van der Waals surface area contributed by atoms with Crippen molar-refractivity contribution in [1.29, 1.82) is 0 Å². The summed E-state index contributed by atoms with van der Waals surface area (Å²) in [5, 5.41) is 14.5. The fourth-order valence-electron chi connectivity index (χ4n) is 1.42. The van der Waals surface area contributed by atoms with Crippen LogP contribution in [0.1, 0.15) is 0 Å². The fraction of sp³-hybridized carbons (Fsp3) is 0. The second kappa shape index (κ2) is 3.58. The van der Waals surface area contributed by atoms with Gasteiger partial charge in [-0.1, -0.05) is 18.2 Å². The third-order valence-corrected chi connectivity index (χ3v) is 2.17. The van der Waals surface area contributed by atoms with Crippen molar-refractivity contribution < 1.29 is 9.05 Å². The first-order chi connectivity index (χ1) is 7.93. The molecule has 78 valence electrons. The predicted octanol–water partition coefficient (Wildman–Crippen LogP) is 1.79. The molecule has 0 bridgehead atoms. The number of hydrogen-bond donors (Lipinski definition) is 0. The minimum absolute atomic E-state index is 0.679. The number of nitrogens with zero attached hydrogens (tertiary/aromatic N) is 4. The molecule has 0 spiro atoms. The van der Waals surface area contributed by atoms with Crippen LogP contribution in [0.25, 0.3) is 22.5 Å². The van der Waals surface area contributed by atoms with Gasteiger partial charge in [-0.05, 0) is 6.07 Å². The molecule has 0 radical (unpaired) electrons. The van der Waals surface area contributed by atoms with Crippen LogP contribution in [0.2, 0.25) is 0 Å². The van der Waals surface area contributed by atoms with Gasteiger partial charge in [0.2, 0.25) is 0 Å². The maximum Gasteiger partial charge on any atom is 0.152 e. The molecule has 0 saturated heterocycles. The van der Waals surface area contributed by atoms with Gasteiger partial charge in [-0.2, -0.15) is 0 Å². The molecule has 0 fully saturated rings. The van der Waals surface area contributed by atoms with E-state index in [9.17, 15) is 0 Å². The van der Waals surface area contributed by atoms with Crippen molar-refractivity contribution in [2.75, 3.05) is 0 Å². The smallest absolute Gasteiger partial charge is 0.152 e. The first-order valence-electron chi connectivity index (χ1n) is 4.58. The zero-order valence-corrected chi connectivity index (χ0v) is 8.07. The van der Waals surface area contributed by atoms with Gasteiger partial charge in [0, 0.05) is 21.7 Å². The molecule has 0 aliphatic heterocycles. The maximum atomic E-state index is 4.69. The molecule has 0 unspecified atom stereocenters. The van der Waals surface area contributed by atoms with Crippen LogP contribution >= 0.6 is 0 Å². The van der Waals surface area contributed by atoms with Gasteiger partial charge in [0.25, 0.3) is 0 Å². The third kappa shape index (κ3) is 1.46. The average molecular weight is 214 g/mol. The molecule has 16 heavy (non-hydrogen) atoms. The lowest BCUT2D eigenvalue weighted by molar-refractivity contribution is 0.392. The van der Waals surface area contributed by atoms with Crippen LogP contribution in [0.4, 0.5) is 0 Å². The maximum absolute atomic E-state index is 4.69. The highest BCUT2D eigenvalue weighted by Gasteiger charge is 2.06. The van der Waals surface area contributed by atoms with Crippen molar-refractivity contribution in [2.24, 2.45) is 0 Å². The molecule has 3 aromatic rings. The van der Waals surface area contributed by atoms with E-state index < -0.39 is 0 Å². The largest absolute Gasteiger partial charge is 0.345 e. The molecule has 0 atom stereocenters. The Morgan fingerprint density at radius 1 is 0.812 bits per heavy atom. The molecule has 1 aromatic carbocycles. The zero-order chi connectivity index (χ0) is 10.8. The van der Waals surface area contributed by atoms with Crippen molar-refractivity contribution in [3.05, 3.63) is 36.8 Å². The first kappa shape index (κ1) is 8.78. The average Bonchev–Trinajstić information content (AvgIpc) is 3.03. The van der Waals surface area contributed by atoms with Crippen LogP contribution in [0, 0.1) is 0 Å². The van der Waals surface area contributed by atoms with Gasteiger partial charge in [0.15, 0.2) is 12.5 Å². The lowest BCUT2D eigenvalue weighted by Gasteiger charge is -1.97. The lowest BCUT2D eigenvalue weighted by atomic mass is 10.1. The number of rotatable bonds is 2. The van der Waals surface area contributed by atoms with Gasteiger partial charge in [-0.25, -0.2) is 0 Å². The molecule has 6 nitrogen and oxygen atoms in total. The molecular formula is C10H6N4O2. The summed E-state index contributed by atoms with van der Waals surface area (Å²) in [6.07, 6.45) is 2.97. The van der Waals surface area contributed by atoms with Gasteiger partial charge < -0.3 is 9.05 Å². The van der Waals surface area contributed by atoms with Crippen LogP contribution in [0.15, 0.2) is 45.8 Å². The summed E-state index contributed by atoms with van der Waals surface area (Å²) in [6.45, 7) is 0. The molecule has 0 saturated carbocycles. The Balaban J connectivity index is 2.07. The van der Waals surface area contributed by atoms with Crippen molar-refractivity contribution in [3.8, 4) is 22.5 Å². The van der Waals surface area contributed by atoms with E-state index in [1.54, 1.807) is 0 Å². The second-order valence-corrected chi connectivity index (χ2v) is 3.16. The molecule has 2 aromatic heterocycles. The summed E-state index contributed by atoms with van der Waals surface area (Å²) in [4.78, 5) is 0. The molecule has 6 heteroatoms. The molecular weight excluding hydrogens is 208 g/mol. The normalized spacial score (nSPS) is 10.5. The Labute approximate surface area is 89.9 Å². The van der Waals surface area contributed by atoms with E-state index >= 15 is 0 Å². The van der Waals surface area contributed by atoms with E-state index in [1.807, 2.05) is 24.3 Å². The van der Waals surface area contributed by atoms with Crippen molar-refractivity contribution >= 4 is 0 Å². The van der Waals surface area contributed by atoms with Crippen molar-refractivity contribution in [2.45, 2.75) is 0 Å². The van der Waals surface area contributed by atoms with E-state index in [1.165, 1.54) is 12.5 Å². The summed E-state index contributed by atoms with van der Waals surface area (Å²) in [5.74, 6) is 0. The molecule has 0 aliphatic rings. The second-order valence-electron chi connectivity index (χ2n) is 3.16. The topological polar surface area (TPSA) is 77.8 Å². The summed E-state index contributed by atoms with van der Waals surface area (Å²) < 4.78 is 9.38. The molecule has 0 N–H and O–H groups in total. The summed E-state index contributed by atoms with van der Waals surface area (Å²) >= 11 is 0. The van der Waals surface area contributed by atoms with E-state index in [4.69, 9.17) is 9.05 Å². The Bertz CT molecular complexity index is 525. The van der Waals surface area contributed by atoms with Gasteiger partial charge in [-0.3, -0.25) is 0 Å². The van der Waals surface area contributed by atoms with Gasteiger partial charge >= 0.3 is 0 Å². The highest BCUT2D eigenvalue weighted by molar-refractivity contribution is 5.67. The molecule has 3 rings (SSSR count). The first-order valence-corrected chi connectivity index (χ1v) is 4.58. The van der Waals surface area contributed by atoms with Crippen LogP contribution in [-0.4, -0.2) is 20.7 Å². The minimum Gasteiger partial charge on any atom is -0.345 e. The zero-order valence-electron chi connectivity index (χ0n) is 8.07. The van der Waals surface area contributed by atoms with Crippen LogP contribution in [0.5, 0.6) is 0 Å². The van der Waals surface area contributed by atoms with E-state index in [0.717, 1.165) is 11.1 Å². The highest BCUT2D eigenvalue weighted by atomic mass is 16.5. The van der Waals surface area contributed by atoms with Crippen molar-refractivity contribution in [1.82, 2.24) is 20.7 Å². The SMILES string of the molecule is c1cc(-c2conn2)cc(-c2conn2)c1. The van der Waals surface area contributed by atoms with Crippen molar-refractivity contribution in [3.63, 3.8) is 0 Å². The van der Waals surface area contributed by atoms with Gasteiger partial charge in [0.1, 0.15) is 11.4 Å². The number of benzene rings is 1. The van der Waals surface area contributed by atoms with Crippen LogP contribution in [0.3, 0.4) is 0 Å². The number of hydrogen-bond acceptors (Lipinski definition) is 6. The Morgan fingerprint density at radius 3 is 1.81 bits per heavy atom. The third-order valence-electron chi connectivity index (χ3n) is 2.17. The standard InChI is InChI=1S/C10H6N4O2/c1-2-7(9-5-15-13-11-9)4-8(3-1)10-6-16-14-12-10/h1-6H. The van der Waals surface area contributed by atoms with E-state index in [2.05, 4.69) is 20.7 Å². The quantitative estimate of drug-likeness (QED) is 0.647. The summed E-state index contributed by atoms with van der Waals surface area (Å²) in [5.41, 5.74) is 3.17. The van der Waals surface area contributed by atoms with Crippen LogP contribution in [-0.2, 0) is 0 Å².